The van der Waals surface area contributed by atoms with E-state index in [2.05, 4.69) is 10.6 Å². The van der Waals surface area contributed by atoms with E-state index in [1.165, 1.54) is 0 Å². The van der Waals surface area contributed by atoms with Crippen LogP contribution in [0.5, 0.6) is 0 Å². The first kappa shape index (κ1) is 23.5. The van der Waals surface area contributed by atoms with Crippen molar-refractivity contribution in [1.29, 1.82) is 0 Å². The van der Waals surface area contributed by atoms with E-state index in [4.69, 9.17) is 9.47 Å². The summed E-state index contributed by atoms with van der Waals surface area (Å²) in [5.41, 5.74) is 1.34. The lowest BCUT2D eigenvalue weighted by molar-refractivity contribution is -0.177. The normalized spacial score (nSPS) is 14.9. The summed E-state index contributed by atoms with van der Waals surface area (Å²) < 4.78 is 10.2. The molecule has 30 heavy (non-hydrogen) atoms. The molecular formula is C22H28N2O6. The molecule has 2 aromatic carbocycles. The van der Waals surface area contributed by atoms with Gasteiger partial charge in [0.2, 0.25) is 0 Å². The van der Waals surface area contributed by atoms with Crippen LogP contribution < -0.4 is 10.6 Å². The highest BCUT2D eigenvalue weighted by molar-refractivity contribution is 6.29. The number of aliphatic hydroxyl groups excluding tert-OH is 2. The average Bonchev–Trinajstić information content (AvgIpc) is 2.78. The van der Waals surface area contributed by atoms with E-state index in [0.29, 0.717) is 11.1 Å². The Bertz CT molecular complexity index is 719. The first-order valence-electron chi connectivity index (χ1n) is 9.66. The van der Waals surface area contributed by atoms with Crippen molar-refractivity contribution in [3.63, 3.8) is 0 Å². The van der Waals surface area contributed by atoms with Gasteiger partial charge >= 0.3 is 11.9 Å². The third kappa shape index (κ3) is 7.23. The maximum atomic E-state index is 12.1. The van der Waals surface area contributed by atoms with Crippen LogP contribution in [-0.4, -0.2) is 48.7 Å². The highest BCUT2D eigenvalue weighted by Gasteiger charge is 2.27. The van der Waals surface area contributed by atoms with Crippen molar-refractivity contribution in [3.05, 3.63) is 71.8 Å². The number of nitrogens with one attached hydrogen (secondary N) is 2. The molecule has 0 radical (unpaired) electrons. The van der Waals surface area contributed by atoms with Crippen LogP contribution in [-0.2, 0) is 19.1 Å². The van der Waals surface area contributed by atoms with Crippen LogP contribution in [0.4, 0.5) is 0 Å². The van der Waals surface area contributed by atoms with Crippen LogP contribution in [0.1, 0.15) is 36.2 Å². The summed E-state index contributed by atoms with van der Waals surface area (Å²) >= 11 is 0. The second-order valence-electron chi connectivity index (χ2n) is 6.69. The molecule has 0 amide bonds. The minimum Gasteiger partial charge on any atom is -0.438 e. The van der Waals surface area contributed by atoms with Gasteiger partial charge in [-0.3, -0.25) is 10.6 Å². The molecule has 4 atom stereocenters. The number of rotatable bonds is 10. The summed E-state index contributed by atoms with van der Waals surface area (Å²) in [6.07, 6.45) is -3.41. The predicted octanol–water partition coefficient (Wildman–Crippen LogP) is 1.41. The van der Waals surface area contributed by atoms with Crippen LogP contribution >= 0.6 is 0 Å². The van der Waals surface area contributed by atoms with Gasteiger partial charge in [-0.25, -0.2) is 9.59 Å². The summed E-state index contributed by atoms with van der Waals surface area (Å²) in [4.78, 5) is 24.3. The number of aliphatic hydroxyl groups is 2. The van der Waals surface area contributed by atoms with Gasteiger partial charge in [0.25, 0.3) is 0 Å². The number of esters is 2. The van der Waals surface area contributed by atoms with E-state index in [1.807, 2.05) is 12.1 Å². The Balaban J connectivity index is 1.87. The number of carbonyl (C=O) groups excluding carboxylic acids is 2. The number of ether oxygens (including phenoxy) is 2. The minimum absolute atomic E-state index is 0.0573. The molecule has 8 heteroatoms. The fourth-order valence-corrected chi connectivity index (χ4v) is 2.83. The molecule has 0 aromatic heterocycles. The lowest BCUT2D eigenvalue weighted by atomic mass is 10.1. The molecule has 4 N–H and O–H groups in total. The third-order valence-corrected chi connectivity index (χ3v) is 4.55. The molecule has 0 fully saturated rings. The van der Waals surface area contributed by atoms with Gasteiger partial charge in [-0.2, -0.15) is 0 Å². The average molecular weight is 416 g/mol. The highest BCUT2D eigenvalue weighted by Crippen LogP contribution is 2.20. The van der Waals surface area contributed by atoms with Crippen LogP contribution in [0.25, 0.3) is 0 Å². The SMILES string of the molecule is CNC(CC(O)c1ccccc1)OC(=O)C(=O)OC(CC(O)c1ccccc1)NC. The standard InChI is InChI=1S/C22H28N2O6/c1-23-19(13-17(25)15-9-5-3-6-10-15)29-21(27)22(28)30-20(24-2)14-18(26)16-11-7-4-8-12-16/h3-12,17-20,23-26H,13-14H2,1-2H3. The van der Waals surface area contributed by atoms with Crippen molar-refractivity contribution in [3.8, 4) is 0 Å². The van der Waals surface area contributed by atoms with Crippen LogP contribution in [0, 0.1) is 0 Å². The van der Waals surface area contributed by atoms with Gasteiger partial charge < -0.3 is 19.7 Å². The van der Waals surface area contributed by atoms with Gasteiger partial charge in [0, 0.05) is 12.8 Å². The second-order valence-corrected chi connectivity index (χ2v) is 6.69. The van der Waals surface area contributed by atoms with Crippen molar-refractivity contribution in [2.45, 2.75) is 37.5 Å². The van der Waals surface area contributed by atoms with Gasteiger partial charge in [0.1, 0.15) is 0 Å². The molecule has 2 rings (SSSR count). The van der Waals surface area contributed by atoms with E-state index in [1.54, 1.807) is 62.6 Å². The Kier molecular flexibility index (Phi) is 9.43. The fraction of sp³-hybridized carbons (Fsp3) is 0.364. The Hall–Kier alpha value is -2.78. The van der Waals surface area contributed by atoms with Crippen LogP contribution in [0.3, 0.4) is 0 Å². The van der Waals surface area contributed by atoms with E-state index < -0.39 is 36.6 Å². The molecule has 0 aliphatic rings. The Labute approximate surface area is 175 Å². The summed E-state index contributed by atoms with van der Waals surface area (Å²) in [5, 5.41) is 26.0. The van der Waals surface area contributed by atoms with Crippen molar-refractivity contribution >= 4 is 11.9 Å². The van der Waals surface area contributed by atoms with Crippen LogP contribution in [0.2, 0.25) is 0 Å². The topological polar surface area (TPSA) is 117 Å². The molecule has 4 unspecified atom stereocenters. The molecule has 0 aliphatic carbocycles. The smallest absolute Gasteiger partial charge is 0.419 e. The van der Waals surface area contributed by atoms with Gasteiger partial charge in [0.05, 0.1) is 12.2 Å². The predicted molar refractivity (Wildman–Crippen MR) is 110 cm³/mol. The number of hydrogen-bond donors (Lipinski definition) is 4. The van der Waals surface area contributed by atoms with Crippen molar-refractivity contribution < 1.29 is 29.3 Å². The van der Waals surface area contributed by atoms with E-state index in [0.717, 1.165) is 0 Å². The maximum Gasteiger partial charge on any atom is 0.419 e. The number of hydrogen-bond acceptors (Lipinski definition) is 8. The van der Waals surface area contributed by atoms with E-state index in [-0.39, 0.29) is 12.8 Å². The molecule has 0 bridgehead atoms. The largest absolute Gasteiger partial charge is 0.438 e. The molecule has 0 saturated heterocycles. The lowest BCUT2D eigenvalue weighted by Gasteiger charge is -2.22. The molecule has 2 aromatic rings. The van der Waals surface area contributed by atoms with Crippen molar-refractivity contribution in [2.75, 3.05) is 14.1 Å². The van der Waals surface area contributed by atoms with E-state index in [9.17, 15) is 19.8 Å². The monoisotopic (exact) mass is 416 g/mol. The number of benzene rings is 2. The van der Waals surface area contributed by atoms with E-state index >= 15 is 0 Å². The molecule has 0 aliphatic heterocycles. The van der Waals surface area contributed by atoms with Gasteiger partial charge in [-0.05, 0) is 25.2 Å². The number of carbonyl (C=O) groups is 2. The molecule has 0 saturated carbocycles. The zero-order valence-electron chi connectivity index (χ0n) is 17.0. The summed E-state index contributed by atoms with van der Waals surface area (Å²) in [5.74, 6) is -2.38. The quantitative estimate of drug-likeness (QED) is 0.261. The molecular weight excluding hydrogens is 388 g/mol. The minimum atomic E-state index is -1.19. The lowest BCUT2D eigenvalue weighted by Crippen LogP contribution is -2.39. The molecule has 0 spiro atoms. The summed E-state index contributed by atoms with van der Waals surface area (Å²) in [7, 11) is 3.10. The van der Waals surface area contributed by atoms with Crippen LogP contribution in [0.15, 0.2) is 60.7 Å². The first-order chi connectivity index (χ1) is 14.4. The van der Waals surface area contributed by atoms with Crippen molar-refractivity contribution in [2.24, 2.45) is 0 Å². The zero-order chi connectivity index (χ0) is 21.9. The molecule has 0 heterocycles. The first-order valence-corrected chi connectivity index (χ1v) is 9.66. The molecule has 162 valence electrons. The fourth-order valence-electron chi connectivity index (χ4n) is 2.83. The summed E-state index contributed by atoms with van der Waals surface area (Å²) in [6.45, 7) is 0. The Morgan fingerprint density at radius 3 is 1.37 bits per heavy atom. The van der Waals surface area contributed by atoms with Gasteiger partial charge in [-0.15, -0.1) is 0 Å². The Morgan fingerprint density at radius 2 is 1.07 bits per heavy atom. The third-order valence-electron chi connectivity index (χ3n) is 4.55. The Morgan fingerprint density at radius 1 is 0.733 bits per heavy atom. The van der Waals surface area contributed by atoms with Gasteiger partial charge in [0.15, 0.2) is 12.5 Å². The summed E-state index contributed by atoms with van der Waals surface area (Å²) in [6, 6.07) is 17.8. The highest BCUT2D eigenvalue weighted by atomic mass is 16.6. The maximum absolute atomic E-state index is 12.1. The van der Waals surface area contributed by atoms with Gasteiger partial charge in [-0.1, -0.05) is 60.7 Å². The van der Waals surface area contributed by atoms with Crippen molar-refractivity contribution in [1.82, 2.24) is 10.6 Å². The zero-order valence-corrected chi connectivity index (χ0v) is 17.0. The molecule has 8 nitrogen and oxygen atoms in total. The second kappa shape index (κ2) is 12.0.